The van der Waals surface area contributed by atoms with E-state index in [-0.39, 0.29) is 11.7 Å². The molecule has 4 heteroatoms. The fraction of sp³-hybridized carbons (Fsp3) is 0.375. The van der Waals surface area contributed by atoms with Crippen LogP contribution in [0.4, 0.5) is 0 Å². The molecular formula is C16H21N3O. The van der Waals surface area contributed by atoms with Gasteiger partial charge in [-0.15, -0.1) is 0 Å². The highest BCUT2D eigenvalue weighted by atomic mass is 16.1. The van der Waals surface area contributed by atoms with Gasteiger partial charge >= 0.3 is 5.69 Å². The number of aryl methyl sites for hydroxylation is 2. The van der Waals surface area contributed by atoms with Crippen molar-refractivity contribution in [3.63, 3.8) is 0 Å². The number of rotatable bonds is 5. The van der Waals surface area contributed by atoms with Crippen molar-refractivity contribution in [2.75, 3.05) is 0 Å². The minimum Gasteiger partial charge on any atom is -0.322 e. The highest BCUT2D eigenvalue weighted by molar-refractivity contribution is 5.25. The molecule has 106 valence electrons. The van der Waals surface area contributed by atoms with E-state index in [1.807, 2.05) is 19.1 Å². The molecule has 0 saturated carbocycles. The number of benzene rings is 1. The fourth-order valence-electron chi connectivity index (χ4n) is 2.23. The standard InChI is InChI=1S/C16H21N3O/c1-3-4-13-5-7-14(8-6-13)15(17)11-19-10-12(2)9-18-16(19)20/h5-10,15H,3-4,11,17H2,1-2H3. The highest BCUT2D eigenvalue weighted by Crippen LogP contribution is 2.14. The van der Waals surface area contributed by atoms with E-state index < -0.39 is 0 Å². The summed E-state index contributed by atoms with van der Waals surface area (Å²) >= 11 is 0. The van der Waals surface area contributed by atoms with Crippen LogP contribution < -0.4 is 11.4 Å². The SMILES string of the molecule is CCCc1ccc(C(N)Cn2cc(C)cnc2=O)cc1. The largest absolute Gasteiger partial charge is 0.347 e. The lowest BCUT2D eigenvalue weighted by Crippen LogP contribution is -2.28. The number of nitrogens with zero attached hydrogens (tertiary/aromatic N) is 2. The van der Waals surface area contributed by atoms with Crippen molar-refractivity contribution < 1.29 is 0 Å². The van der Waals surface area contributed by atoms with Crippen LogP contribution >= 0.6 is 0 Å². The predicted molar refractivity (Wildman–Crippen MR) is 80.6 cm³/mol. The Morgan fingerprint density at radius 1 is 1.30 bits per heavy atom. The molecule has 0 fully saturated rings. The molecule has 0 aliphatic heterocycles. The van der Waals surface area contributed by atoms with Gasteiger partial charge in [0.1, 0.15) is 0 Å². The first-order chi connectivity index (χ1) is 9.60. The molecule has 1 aromatic carbocycles. The summed E-state index contributed by atoms with van der Waals surface area (Å²) in [6.07, 6.45) is 5.58. The van der Waals surface area contributed by atoms with Gasteiger partial charge in [0.05, 0.1) is 0 Å². The molecule has 1 heterocycles. The van der Waals surface area contributed by atoms with Crippen molar-refractivity contribution in [3.8, 4) is 0 Å². The normalized spacial score (nSPS) is 12.3. The van der Waals surface area contributed by atoms with Crippen LogP contribution in [0.1, 0.15) is 36.1 Å². The van der Waals surface area contributed by atoms with E-state index in [0.717, 1.165) is 24.0 Å². The molecule has 0 aliphatic carbocycles. The van der Waals surface area contributed by atoms with E-state index in [4.69, 9.17) is 5.73 Å². The third kappa shape index (κ3) is 3.54. The van der Waals surface area contributed by atoms with Crippen LogP contribution in [0.25, 0.3) is 0 Å². The molecule has 0 amide bonds. The smallest absolute Gasteiger partial charge is 0.322 e. The minimum absolute atomic E-state index is 0.202. The summed E-state index contributed by atoms with van der Waals surface area (Å²) < 4.78 is 1.57. The maximum absolute atomic E-state index is 11.7. The lowest BCUT2D eigenvalue weighted by atomic mass is 10.0. The van der Waals surface area contributed by atoms with Gasteiger partial charge in [-0.05, 0) is 30.0 Å². The van der Waals surface area contributed by atoms with Crippen molar-refractivity contribution in [2.24, 2.45) is 5.73 Å². The van der Waals surface area contributed by atoms with Crippen LogP contribution in [0.5, 0.6) is 0 Å². The predicted octanol–water partition coefficient (Wildman–Crippen LogP) is 2.20. The summed E-state index contributed by atoms with van der Waals surface area (Å²) in [5.74, 6) is 0. The van der Waals surface area contributed by atoms with E-state index in [0.29, 0.717) is 6.54 Å². The molecule has 0 radical (unpaired) electrons. The Hall–Kier alpha value is -1.94. The fourth-order valence-corrected chi connectivity index (χ4v) is 2.23. The topological polar surface area (TPSA) is 60.9 Å². The van der Waals surface area contributed by atoms with Crippen LogP contribution in [-0.4, -0.2) is 9.55 Å². The Balaban J connectivity index is 2.13. The monoisotopic (exact) mass is 271 g/mol. The molecule has 20 heavy (non-hydrogen) atoms. The molecule has 0 bridgehead atoms. The molecule has 2 N–H and O–H groups in total. The van der Waals surface area contributed by atoms with Crippen LogP contribution in [0, 0.1) is 6.92 Å². The van der Waals surface area contributed by atoms with E-state index in [1.165, 1.54) is 5.56 Å². The van der Waals surface area contributed by atoms with Crippen LogP contribution in [-0.2, 0) is 13.0 Å². The lowest BCUT2D eigenvalue weighted by molar-refractivity contribution is 0.549. The Kier molecular flexibility index (Phi) is 4.69. The molecule has 0 saturated heterocycles. The van der Waals surface area contributed by atoms with Gasteiger partial charge < -0.3 is 5.73 Å². The second kappa shape index (κ2) is 6.48. The van der Waals surface area contributed by atoms with Crippen molar-refractivity contribution in [2.45, 2.75) is 39.3 Å². The van der Waals surface area contributed by atoms with Crippen molar-refractivity contribution in [3.05, 3.63) is 63.8 Å². The first-order valence-corrected chi connectivity index (χ1v) is 6.97. The summed E-state index contributed by atoms with van der Waals surface area (Å²) in [7, 11) is 0. The van der Waals surface area contributed by atoms with Gasteiger partial charge in [-0.3, -0.25) is 4.57 Å². The summed E-state index contributed by atoms with van der Waals surface area (Å²) in [4.78, 5) is 15.5. The third-order valence-electron chi connectivity index (χ3n) is 3.32. The summed E-state index contributed by atoms with van der Waals surface area (Å²) in [5.41, 5.74) is 9.24. The van der Waals surface area contributed by atoms with Crippen molar-refractivity contribution in [1.29, 1.82) is 0 Å². The van der Waals surface area contributed by atoms with Crippen LogP contribution in [0.15, 0.2) is 41.5 Å². The Morgan fingerprint density at radius 2 is 2.00 bits per heavy atom. The average Bonchev–Trinajstić information content (AvgIpc) is 2.44. The molecular weight excluding hydrogens is 250 g/mol. The second-order valence-electron chi connectivity index (χ2n) is 5.16. The third-order valence-corrected chi connectivity index (χ3v) is 3.32. The molecule has 1 atom stereocenters. The second-order valence-corrected chi connectivity index (χ2v) is 5.16. The maximum atomic E-state index is 11.7. The van der Waals surface area contributed by atoms with E-state index in [9.17, 15) is 4.79 Å². The van der Waals surface area contributed by atoms with Gasteiger partial charge in [0.15, 0.2) is 0 Å². The van der Waals surface area contributed by atoms with Gasteiger partial charge in [0.25, 0.3) is 0 Å². The molecule has 1 aromatic heterocycles. The molecule has 2 aromatic rings. The zero-order chi connectivity index (χ0) is 14.5. The average molecular weight is 271 g/mol. The van der Waals surface area contributed by atoms with Crippen LogP contribution in [0.3, 0.4) is 0 Å². The first kappa shape index (κ1) is 14.5. The highest BCUT2D eigenvalue weighted by Gasteiger charge is 2.08. The van der Waals surface area contributed by atoms with Crippen LogP contribution in [0.2, 0.25) is 0 Å². The Labute approximate surface area is 119 Å². The van der Waals surface area contributed by atoms with Gasteiger partial charge in [-0.1, -0.05) is 37.6 Å². The number of nitrogens with two attached hydrogens (primary N) is 1. The molecule has 0 aliphatic rings. The quantitative estimate of drug-likeness (QED) is 0.907. The first-order valence-electron chi connectivity index (χ1n) is 6.97. The number of hydrogen-bond donors (Lipinski definition) is 1. The summed E-state index contributed by atoms with van der Waals surface area (Å²) in [5, 5.41) is 0. The molecule has 2 rings (SSSR count). The van der Waals surface area contributed by atoms with E-state index in [1.54, 1.807) is 17.0 Å². The van der Waals surface area contributed by atoms with Gasteiger partial charge in [0, 0.05) is 25.0 Å². The lowest BCUT2D eigenvalue weighted by Gasteiger charge is -2.14. The van der Waals surface area contributed by atoms with Gasteiger partial charge in [-0.25, -0.2) is 9.78 Å². The molecule has 4 nitrogen and oxygen atoms in total. The summed E-state index contributed by atoms with van der Waals surface area (Å²) in [6.45, 7) is 4.52. The number of aromatic nitrogens is 2. The van der Waals surface area contributed by atoms with Gasteiger partial charge in [0.2, 0.25) is 0 Å². The Morgan fingerprint density at radius 3 is 2.65 bits per heavy atom. The van der Waals surface area contributed by atoms with Crippen molar-refractivity contribution in [1.82, 2.24) is 9.55 Å². The van der Waals surface area contributed by atoms with Gasteiger partial charge in [-0.2, -0.15) is 0 Å². The van der Waals surface area contributed by atoms with Crippen molar-refractivity contribution >= 4 is 0 Å². The zero-order valence-electron chi connectivity index (χ0n) is 12.0. The molecule has 0 spiro atoms. The zero-order valence-corrected chi connectivity index (χ0v) is 12.0. The molecule has 1 unspecified atom stereocenters. The maximum Gasteiger partial charge on any atom is 0.347 e. The number of hydrogen-bond acceptors (Lipinski definition) is 3. The minimum atomic E-state index is -0.256. The Bertz CT molecular complexity index is 616. The summed E-state index contributed by atoms with van der Waals surface area (Å²) in [6, 6.07) is 8.10. The van der Waals surface area contributed by atoms with E-state index in [2.05, 4.69) is 24.0 Å². The van der Waals surface area contributed by atoms with E-state index >= 15 is 0 Å².